The van der Waals surface area contributed by atoms with Gasteiger partial charge in [-0.3, -0.25) is 4.79 Å². The molecule has 0 aromatic heterocycles. The van der Waals surface area contributed by atoms with E-state index in [0.717, 1.165) is 37.4 Å². The molecule has 0 spiro atoms. The van der Waals surface area contributed by atoms with E-state index in [1.54, 1.807) is 7.11 Å². The fourth-order valence-corrected chi connectivity index (χ4v) is 3.15. The minimum Gasteiger partial charge on any atom is -0.497 e. The van der Waals surface area contributed by atoms with E-state index < -0.39 is 0 Å². The molecule has 1 aliphatic heterocycles. The number of hydrogen-bond acceptors (Lipinski definition) is 3. The molecule has 0 radical (unpaired) electrons. The summed E-state index contributed by atoms with van der Waals surface area (Å²) in [5.41, 5.74) is 1.93. The van der Waals surface area contributed by atoms with Crippen molar-refractivity contribution in [3.63, 3.8) is 0 Å². The number of hydrogen-bond donors (Lipinski definition) is 0. The van der Waals surface area contributed by atoms with Gasteiger partial charge in [-0.1, -0.05) is 17.7 Å². The number of benzene rings is 2. The Bertz CT molecular complexity index is 694. The maximum absolute atomic E-state index is 12.7. The topological polar surface area (TPSA) is 38.8 Å². The van der Waals surface area contributed by atoms with E-state index in [0.29, 0.717) is 18.1 Å². The second-order valence-corrected chi connectivity index (χ2v) is 6.61. The molecule has 132 valence electrons. The average Bonchev–Trinajstić information content (AvgIpc) is 2.67. The van der Waals surface area contributed by atoms with E-state index >= 15 is 0 Å². The zero-order valence-corrected chi connectivity index (χ0v) is 14.9. The maximum Gasteiger partial charge on any atom is 0.253 e. The molecule has 3 rings (SSSR count). The highest BCUT2D eigenvalue weighted by atomic mass is 16.5. The zero-order chi connectivity index (χ0) is 17.6. The lowest BCUT2D eigenvalue weighted by Gasteiger charge is -2.32. The molecule has 1 unspecified atom stereocenters. The number of likely N-dealkylation sites (tertiary alicyclic amines) is 1. The highest BCUT2D eigenvalue weighted by molar-refractivity contribution is 5.94. The normalized spacial score (nSPS) is 17.2. The van der Waals surface area contributed by atoms with Crippen LogP contribution in [0.5, 0.6) is 11.5 Å². The highest BCUT2D eigenvalue weighted by Crippen LogP contribution is 2.21. The first-order valence-electron chi connectivity index (χ1n) is 8.78. The van der Waals surface area contributed by atoms with Crippen LogP contribution >= 0.6 is 0 Å². The molecule has 1 aliphatic rings. The lowest BCUT2D eigenvalue weighted by atomic mass is 9.98. The summed E-state index contributed by atoms with van der Waals surface area (Å²) in [5.74, 6) is 2.11. The van der Waals surface area contributed by atoms with Gasteiger partial charge in [0.1, 0.15) is 11.5 Å². The van der Waals surface area contributed by atoms with Crippen LogP contribution in [-0.2, 0) is 0 Å². The predicted molar refractivity (Wildman–Crippen MR) is 98.3 cm³/mol. The van der Waals surface area contributed by atoms with Crippen molar-refractivity contribution in [3.8, 4) is 11.5 Å². The lowest BCUT2D eigenvalue weighted by Crippen LogP contribution is -2.41. The first-order chi connectivity index (χ1) is 12.2. The van der Waals surface area contributed by atoms with Crippen LogP contribution < -0.4 is 9.47 Å². The van der Waals surface area contributed by atoms with Gasteiger partial charge in [-0.05, 0) is 56.2 Å². The van der Waals surface area contributed by atoms with Crippen LogP contribution in [0.1, 0.15) is 28.8 Å². The first-order valence-corrected chi connectivity index (χ1v) is 8.78. The van der Waals surface area contributed by atoms with E-state index in [1.807, 2.05) is 41.3 Å². The number of nitrogens with zero attached hydrogens (tertiary/aromatic N) is 1. The van der Waals surface area contributed by atoms with Crippen molar-refractivity contribution in [1.82, 2.24) is 4.90 Å². The van der Waals surface area contributed by atoms with Gasteiger partial charge in [-0.15, -0.1) is 0 Å². The van der Waals surface area contributed by atoms with Gasteiger partial charge in [-0.2, -0.15) is 0 Å². The van der Waals surface area contributed by atoms with Gasteiger partial charge >= 0.3 is 0 Å². The van der Waals surface area contributed by atoms with Crippen molar-refractivity contribution in [2.75, 3.05) is 26.8 Å². The van der Waals surface area contributed by atoms with Gasteiger partial charge in [0.25, 0.3) is 5.91 Å². The summed E-state index contributed by atoms with van der Waals surface area (Å²) in [6.07, 6.45) is 2.11. The summed E-state index contributed by atoms with van der Waals surface area (Å²) >= 11 is 0. The van der Waals surface area contributed by atoms with Gasteiger partial charge in [0.05, 0.1) is 13.7 Å². The molecular formula is C21H25NO3. The van der Waals surface area contributed by atoms with Crippen LogP contribution in [0.3, 0.4) is 0 Å². The van der Waals surface area contributed by atoms with Gasteiger partial charge in [0.2, 0.25) is 0 Å². The summed E-state index contributed by atoms with van der Waals surface area (Å²) in [6, 6.07) is 15.4. The summed E-state index contributed by atoms with van der Waals surface area (Å²) < 4.78 is 11.1. The number of methoxy groups -OCH3 is 1. The van der Waals surface area contributed by atoms with Gasteiger partial charge < -0.3 is 14.4 Å². The van der Waals surface area contributed by atoms with Gasteiger partial charge in [0.15, 0.2) is 0 Å². The molecule has 4 heteroatoms. The largest absolute Gasteiger partial charge is 0.497 e. The molecular weight excluding hydrogens is 314 g/mol. The average molecular weight is 339 g/mol. The van der Waals surface area contributed by atoms with Gasteiger partial charge in [-0.25, -0.2) is 0 Å². The Morgan fingerprint density at radius 3 is 2.44 bits per heavy atom. The Kier molecular flexibility index (Phi) is 5.59. The summed E-state index contributed by atoms with van der Waals surface area (Å²) in [5, 5.41) is 0. The third-order valence-corrected chi connectivity index (χ3v) is 4.65. The van der Waals surface area contributed by atoms with Crippen molar-refractivity contribution in [3.05, 3.63) is 59.7 Å². The van der Waals surface area contributed by atoms with E-state index in [1.165, 1.54) is 5.56 Å². The van der Waals surface area contributed by atoms with Crippen LogP contribution in [-0.4, -0.2) is 37.6 Å². The van der Waals surface area contributed by atoms with Crippen molar-refractivity contribution in [2.45, 2.75) is 19.8 Å². The molecule has 2 aromatic rings. The SMILES string of the molecule is COc1ccc(C(=O)N2CCCC(COc3ccc(C)cc3)C2)cc1. The molecule has 1 fully saturated rings. The molecule has 1 heterocycles. The second-order valence-electron chi connectivity index (χ2n) is 6.61. The molecule has 0 N–H and O–H groups in total. The van der Waals surface area contributed by atoms with E-state index in [4.69, 9.17) is 9.47 Å². The zero-order valence-electron chi connectivity index (χ0n) is 14.9. The molecule has 1 amide bonds. The third kappa shape index (κ3) is 4.53. The van der Waals surface area contributed by atoms with E-state index in [-0.39, 0.29) is 5.91 Å². The van der Waals surface area contributed by atoms with E-state index in [2.05, 4.69) is 19.1 Å². The fraction of sp³-hybridized carbons (Fsp3) is 0.381. The third-order valence-electron chi connectivity index (χ3n) is 4.65. The standard InChI is InChI=1S/C21H25NO3/c1-16-5-9-20(10-6-16)25-15-17-4-3-13-22(14-17)21(23)18-7-11-19(24-2)12-8-18/h5-12,17H,3-4,13-15H2,1-2H3. The molecule has 1 saturated heterocycles. The number of piperidine rings is 1. The fourth-order valence-electron chi connectivity index (χ4n) is 3.15. The molecule has 0 saturated carbocycles. The minimum atomic E-state index is 0.0858. The van der Waals surface area contributed by atoms with Crippen molar-refractivity contribution in [1.29, 1.82) is 0 Å². The van der Waals surface area contributed by atoms with Crippen molar-refractivity contribution < 1.29 is 14.3 Å². The van der Waals surface area contributed by atoms with Crippen LogP contribution in [0.2, 0.25) is 0 Å². The maximum atomic E-state index is 12.7. The molecule has 0 bridgehead atoms. The highest BCUT2D eigenvalue weighted by Gasteiger charge is 2.25. The first kappa shape index (κ1) is 17.3. The van der Waals surface area contributed by atoms with Crippen LogP contribution in [0.15, 0.2) is 48.5 Å². The smallest absolute Gasteiger partial charge is 0.253 e. The van der Waals surface area contributed by atoms with Crippen LogP contribution in [0, 0.1) is 12.8 Å². The predicted octanol–water partition coefficient (Wildman–Crippen LogP) is 3.93. The Hall–Kier alpha value is -2.49. The number of ether oxygens (including phenoxy) is 2. The monoisotopic (exact) mass is 339 g/mol. The quantitative estimate of drug-likeness (QED) is 0.828. The summed E-state index contributed by atoms with van der Waals surface area (Å²) in [4.78, 5) is 14.6. The summed E-state index contributed by atoms with van der Waals surface area (Å²) in [7, 11) is 1.63. The summed E-state index contributed by atoms with van der Waals surface area (Å²) in [6.45, 7) is 4.27. The number of carbonyl (C=O) groups is 1. The molecule has 1 atom stereocenters. The Morgan fingerprint density at radius 2 is 1.76 bits per heavy atom. The van der Waals surface area contributed by atoms with Gasteiger partial charge in [0, 0.05) is 24.6 Å². The Morgan fingerprint density at radius 1 is 1.08 bits per heavy atom. The Balaban J connectivity index is 1.56. The molecule has 4 nitrogen and oxygen atoms in total. The minimum absolute atomic E-state index is 0.0858. The Labute approximate surface area is 149 Å². The molecule has 2 aromatic carbocycles. The molecule has 0 aliphatic carbocycles. The number of carbonyl (C=O) groups excluding carboxylic acids is 1. The van der Waals surface area contributed by atoms with Crippen LogP contribution in [0.25, 0.3) is 0 Å². The molecule has 25 heavy (non-hydrogen) atoms. The second kappa shape index (κ2) is 8.06. The number of rotatable bonds is 5. The van der Waals surface area contributed by atoms with Crippen molar-refractivity contribution >= 4 is 5.91 Å². The van der Waals surface area contributed by atoms with Crippen molar-refractivity contribution in [2.24, 2.45) is 5.92 Å². The lowest BCUT2D eigenvalue weighted by molar-refractivity contribution is 0.0633. The van der Waals surface area contributed by atoms with E-state index in [9.17, 15) is 4.79 Å². The van der Waals surface area contributed by atoms with Crippen LogP contribution in [0.4, 0.5) is 0 Å². The number of aryl methyl sites for hydroxylation is 1. The number of amides is 1.